The van der Waals surface area contributed by atoms with Crippen LogP contribution in [0.3, 0.4) is 0 Å². The van der Waals surface area contributed by atoms with Gasteiger partial charge in [-0.05, 0) is 6.26 Å². The van der Waals surface area contributed by atoms with Crippen LogP contribution in [-0.2, 0) is 6.54 Å². The number of nitrogens with zero attached hydrogens (tertiary/aromatic N) is 1. The van der Waals surface area contributed by atoms with Gasteiger partial charge in [0, 0.05) is 31.5 Å². The molecule has 0 spiro atoms. The molecule has 2 N–H and O–H groups in total. The van der Waals surface area contributed by atoms with E-state index in [2.05, 4.69) is 21.9 Å². The first kappa shape index (κ1) is 18.3. The number of hydrogen-bond acceptors (Lipinski definition) is 5. The number of hydrogen-bond donors (Lipinski definition) is 2. The van der Waals surface area contributed by atoms with Crippen molar-refractivity contribution in [2.75, 3.05) is 46.9 Å². The highest BCUT2D eigenvalue weighted by Gasteiger charge is 2.13. The van der Waals surface area contributed by atoms with Gasteiger partial charge < -0.3 is 24.8 Å². The van der Waals surface area contributed by atoms with Crippen molar-refractivity contribution in [1.82, 2.24) is 10.6 Å². The van der Waals surface area contributed by atoms with Crippen molar-refractivity contribution in [3.8, 4) is 17.2 Å². The van der Waals surface area contributed by atoms with Crippen LogP contribution < -0.4 is 24.8 Å². The highest BCUT2D eigenvalue weighted by atomic mass is 32.2. The molecule has 124 valence electrons. The smallest absolute Gasteiger partial charge is 0.191 e. The number of methoxy groups -OCH3 is 3. The van der Waals surface area contributed by atoms with Crippen molar-refractivity contribution in [3.63, 3.8) is 0 Å². The van der Waals surface area contributed by atoms with E-state index < -0.39 is 0 Å². The van der Waals surface area contributed by atoms with E-state index >= 15 is 0 Å². The van der Waals surface area contributed by atoms with Crippen molar-refractivity contribution < 1.29 is 14.2 Å². The Bertz CT molecular complexity index is 470. The minimum Gasteiger partial charge on any atom is -0.496 e. The van der Waals surface area contributed by atoms with E-state index in [1.54, 1.807) is 40.1 Å². The molecule has 0 heterocycles. The molecule has 0 aliphatic rings. The number of thioether (sulfide) groups is 1. The summed E-state index contributed by atoms with van der Waals surface area (Å²) in [6.45, 7) is 1.40. The van der Waals surface area contributed by atoms with Crippen molar-refractivity contribution in [3.05, 3.63) is 17.7 Å². The lowest BCUT2D eigenvalue weighted by Gasteiger charge is -2.17. The van der Waals surface area contributed by atoms with Crippen LogP contribution >= 0.6 is 11.8 Å². The van der Waals surface area contributed by atoms with Crippen LogP contribution in [0.1, 0.15) is 5.56 Å². The summed E-state index contributed by atoms with van der Waals surface area (Å²) in [6.07, 6.45) is 2.07. The molecular weight excluding hydrogens is 302 g/mol. The molecule has 7 heteroatoms. The van der Waals surface area contributed by atoms with Gasteiger partial charge in [-0.2, -0.15) is 11.8 Å². The van der Waals surface area contributed by atoms with Crippen LogP contribution in [0, 0.1) is 0 Å². The average molecular weight is 327 g/mol. The monoisotopic (exact) mass is 327 g/mol. The molecule has 0 fully saturated rings. The number of aliphatic imine (C=N–C) groups is 1. The van der Waals surface area contributed by atoms with E-state index in [0.29, 0.717) is 23.8 Å². The predicted octanol–water partition coefficient (Wildman–Crippen LogP) is 1.74. The van der Waals surface area contributed by atoms with Gasteiger partial charge in [0.25, 0.3) is 0 Å². The highest BCUT2D eigenvalue weighted by Crippen LogP contribution is 2.33. The summed E-state index contributed by atoms with van der Waals surface area (Å²) in [5, 5.41) is 6.51. The van der Waals surface area contributed by atoms with Crippen LogP contribution in [0.5, 0.6) is 17.2 Å². The van der Waals surface area contributed by atoms with Crippen LogP contribution in [-0.4, -0.2) is 52.9 Å². The molecule has 0 amide bonds. The number of guanidine groups is 1. The number of rotatable bonds is 8. The van der Waals surface area contributed by atoms with Gasteiger partial charge >= 0.3 is 0 Å². The minimum absolute atomic E-state index is 0.537. The summed E-state index contributed by atoms with van der Waals surface area (Å²) in [5.74, 6) is 3.89. The van der Waals surface area contributed by atoms with E-state index in [4.69, 9.17) is 14.2 Å². The fourth-order valence-corrected chi connectivity index (χ4v) is 2.22. The molecular formula is C15H25N3O3S. The van der Waals surface area contributed by atoms with Gasteiger partial charge in [-0.3, -0.25) is 4.99 Å². The third-order valence-electron chi connectivity index (χ3n) is 3.07. The minimum atomic E-state index is 0.537. The van der Waals surface area contributed by atoms with Gasteiger partial charge in [0.15, 0.2) is 5.96 Å². The Balaban J connectivity index is 2.83. The second kappa shape index (κ2) is 10.0. The zero-order valence-electron chi connectivity index (χ0n) is 13.9. The third-order valence-corrected chi connectivity index (χ3v) is 3.68. The first-order chi connectivity index (χ1) is 10.7. The number of benzene rings is 1. The standard InChI is InChI=1S/C15H25N3O3S/c1-16-15(17-6-7-22-5)18-10-12-13(20-3)8-11(19-2)9-14(12)21-4/h8-9H,6-7,10H2,1-5H3,(H2,16,17,18). The maximum absolute atomic E-state index is 5.43. The number of ether oxygens (including phenoxy) is 3. The van der Waals surface area contributed by atoms with Gasteiger partial charge in [-0.25, -0.2) is 0 Å². The molecule has 1 aromatic rings. The van der Waals surface area contributed by atoms with Crippen LogP contribution in [0.15, 0.2) is 17.1 Å². The summed E-state index contributed by atoms with van der Waals surface area (Å²) in [6, 6.07) is 3.67. The summed E-state index contributed by atoms with van der Waals surface area (Å²) < 4.78 is 16.1. The highest BCUT2D eigenvalue weighted by molar-refractivity contribution is 7.98. The lowest BCUT2D eigenvalue weighted by Crippen LogP contribution is -2.38. The van der Waals surface area contributed by atoms with E-state index in [-0.39, 0.29) is 0 Å². The molecule has 6 nitrogen and oxygen atoms in total. The van der Waals surface area contributed by atoms with Gasteiger partial charge in [-0.1, -0.05) is 0 Å². The molecule has 22 heavy (non-hydrogen) atoms. The largest absolute Gasteiger partial charge is 0.496 e. The normalized spacial score (nSPS) is 11.0. The molecule has 0 radical (unpaired) electrons. The first-order valence-electron chi connectivity index (χ1n) is 6.92. The molecule has 0 saturated heterocycles. The quantitative estimate of drug-likeness (QED) is 0.431. The molecule has 0 aromatic heterocycles. The molecule has 1 rings (SSSR count). The van der Waals surface area contributed by atoms with Crippen molar-refractivity contribution >= 4 is 17.7 Å². The molecule has 0 atom stereocenters. The Morgan fingerprint density at radius 2 is 1.73 bits per heavy atom. The molecule has 0 saturated carbocycles. The summed E-state index contributed by atoms with van der Waals surface area (Å²) in [5.41, 5.74) is 0.915. The maximum Gasteiger partial charge on any atom is 0.191 e. The topological polar surface area (TPSA) is 64.1 Å². The Morgan fingerprint density at radius 3 is 2.18 bits per heavy atom. The SMILES string of the molecule is CN=C(NCCSC)NCc1c(OC)cc(OC)cc1OC. The first-order valence-corrected chi connectivity index (χ1v) is 8.31. The molecule has 1 aromatic carbocycles. The fourth-order valence-electron chi connectivity index (χ4n) is 1.92. The maximum atomic E-state index is 5.43. The van der Waals surface area contributed by atoms with Crippen LogP contribution in [0.4, 0.5) is 0 Å². The molecule has 0 unspecified atom stereocenters. The molecule has 0 bridgehead atoms. The predicted molar refractivity (Wildman–Crippen MR) is 92.7 cm³/mol. The molecule has 0 aliphatic carbocycles. The Kier molecular flexibility index (Phi) is 8.35. The third kappa shape index (κ3) is 5.22. The van der Waals surface area contributed by atoms with Crippen LogP contribution in [0.2, 0.25) is 0 Å². The van der Waals surface area contributed by atoms with Gasteiger partial charge in [-0.15, -0.1) is 0 Å². The second-order valence-electron chi connectivity index (χ2n) is 4.36. The molecule has 0 aliphatic heterocycles. The van der Waals surface area contributed by atoms with E-state index in [1.807, 2.05) is 12.1 Å². The van der Waals surface area contributed by atoms with Gasteiger partial charge in [0.05, 0.1) is 33.4 Å². The zero-order valence-corrected chi connectivity index (χ0v) is 14.7. The lowest BCUT2D eigenvalue weighted by atomic mass is 10.1. The van der Waals surface area contributed by atoms with E-state index in [1.165, 1.54) is 0 Å². The second-order valence-corrected chi connectivity index (χ2v) is 5.34. The number of nitrogens with one attached hydrogen (secondary N) is 2. The van der Waals surface area contributed by atoms with Gasteiger partial charge in [0.2, 0.25) is 0 Å². The Labute approximate surface area is 136 Å². The summed E-state index contributed by atoms with van der Waals surface area (Å²) in [7, 11) is 6.62. The van der Waals surface area contributed by atoms with Crippen molar-refractivity contribution in [2.24, 2.45) is 4.99 Å². The fraction of sp³-hybridized carbons (Fsp3) is 0.533. The van der Waals surface area contributed by atoms with Gasteiger partial charge in [0.1, 0.15) is 17.2 Å². The average Bonchev–Trinajstić information content (AvgIpc) is 2.57. The lowest BCUT2D eigenvalue weighted by molar-refractivity contribution is 0.368. The summed E-state index contributed by atoms with van der Waals surface area (Å²) in [4.78, 5) is 4.20. The van der Waals surface area contributed by atoms with Crippen molar-refractivity contribution in [2.45, 2.75) is 6.54 Å². The van der Waals surface area contributed by atoms with E-state index in [0.717, 1.165) is 23.8 Å². The summed E-state index contributed by atoms with van der Waals surface area (Å²) >= 11 is 1.79. The van der Waals surface area contributed by atoms with E-state index in [9.17, 15) is 0 Å². The Hall–Kier alpha value is -1.76. The zero-order chi connectivity index (χ0) is 16.4. The van der Waals surface area contributed by atoms with Crippen LogP contribution in [0.25, 0.3) is 0 Å². The van der Waals surface area contributed by atoms with Crippen molar-refractivity contribution in [1.29, 1.82) is 0 Å². The Morgan fingerprint density at radius 1 is 1.09 bits per heavy atom.